The lowest BCUT2D eigenvalue weighted by Crippen LogP contribution is -2.29. The zero-order valence-electron chi connectivity index (χ0n) is 18.5. The highest BCUT2D eigenvalue weighted by atomic mass is 79.9. The number of amides is 2. The predicted octanol–water partition coefficient (Wildman–Crippen LogP) is 5.83. The minimum Gasteiger partial charge on any atom is -0.497 e. The smallest absolute Gasteiger partial charge is 0.319 e. The Balaban J connectivity index is 1.30. The van der Waals surface area contributed by atoms with Crippen LogP contribution in [0.15, 0.2) is 65.3 Å². The molecule has 0 bridgehead atoms. The van der Waals surface area contributed by atoms with Gasteiger partial charge in [0.05, 0.1) is 23.5 Å². The van der Waals surface area contributed by atoms with Crippen molar-refractivity contribution in [1.29, 1.82) is 0 Å². The molecule has 2 amide bonds. The lowest BCUT2D eigenvalue weighted by molar-refractivity contribution is 0.252. The Labute approximate surface area is 210 Å². The zero-order valence-corrected chi connectivity index (χ0v) is 20.9. The van der Waals surface area contributed by atoms with Crippen molar-refractivity contribution in [3.8, 4) is 17.0 Å². The van der Waals surface area contributed by atoms with Gasteiger partial charge in [0.1, 0.15) is 11.6 Å². The number of aromatic nitrogens is 3. The van der Waals surface area contributed by atoms with Crippen LogP contribution in [0.3, 0.4) is 0 Å². The number of urea groups is 1. The topological polar surface area (TPSA) is 92.6 Å². The Morgan fingerprint density at radius 2 is 1.88 bits per heavy atom. The molecule has 4 rings (SSSR count). The van der Waals surface area contributed by atoms with Crippen LogP contribution < -0.4 is 20.7 Å². The molecule has 0 aliphatic heterocycles. The second-order valence-electron chi connectivity index (χ2n) is 7.48. The van der Waals surface area contributed by atoms with Gasteiger partial charge in [-0.15, -0.1) is 0 Å². The lowest BCUT2D eigenvalue weighted by atomic mass is 10.1. The number of benzene rings is 2. The number of ether oxygens (including phenoxy) is 1. The zero-order chi connectivity index (χ0) is 23.9. The number of fused-ring (bicyclic) bond motifs is 1. The highest BCUT2D eigenvalue weighted by molar-refractivity contribution is 9.10. The average Bonchev–Trinajstić information content (AvgIpc) is 3.22. The molecule has 0 radical (unpaired) electrons. The molecule has 0 saturated carbocycles. The van der Waals surface area contributed by atoms with Crippen LogP contribution in [0.1, 0.15) is 12.8 Å². The fourth-order valence-electron chi connectivity index (χ4n) is 3.39. The number of halogens is 2. The third kappa shape index (κ3) is 5.78. The Hall–Kier alpha value is -3.30. The van der Waals surface area contributed by atoms with Crippen LogP contribution in [-0.4, -0.2) is 40.8 Å². The molecule has 8 nitrogen and oxygen atoms in total. The molecular formula is C24H24BrClN6O2. The molecule has 0 aliphatic rings. The van der Waals surface area contributed by atoms with Crippen molar-refractivity contribution in [2.45, 2.75) is 12.8 Å². The van der Waals surface area contributed by atoms with E-state index >= 15 is 0 Å². The Morgan fingerprint density at radius 3 is 2.65 bits per heavy atom. The number of carbonyl (C=O) groups is 1. The van der Waals surface area contributed by atoms with Crippen LogP contribution in [0, 0.1) is 0 Å². The van der Waals surface area contributed by atoms with Gasteiger partial charge in [0.15, 0.2) is 5.65 Å². The summed E-state index contributed by atoms with van der Waals surface area (Å²) in [5.41, 5.74) is 3.03. The van der Waals surface area contributed by atoms with Crippen molar-refractivity contribution in [2.75, 3.05) is 30.8 Å². The van der Waals surface area contributed by atoms with Crippen LogP contribution in [0.25, 0.3) is 16.9 Å². The molecule has 0 fully saturated rings. The van der Waals surface area contributed by atoms with Gasteiger partial charge in [-0.2, -0.15) is 9.61 Å². The van der Waals surface area contributed by atoms with Crippen molar-refractivity contribution in [3.63, 3.8) is 0 Å². The molecule has 0 aliphatic carbocycles. The van der Waals surface area contributed by atoms with Gasteiger partial charge in [0.2, 0.25) is 0 Å². The third-order valence-corrected chi connectivity index (χ3v) is 6.01. The van der Waals surface area contributed by atoms with E-state index < -0.39 is 0 Å². The first-order chi connectivity index (χ1) is 16.5. The number of hydrogen-bond acceptors (Lipinski definition) is 5. The van der Waals surface area contributed by atoms with Crippen LogP contribution in [-0.2, 0) is 0 Å². The van der Waals surface area contributed by atoms with Crippen LogP contribution in [0.2, 0.25) is 5.02 Å². The van der Waals surface area contributed by atoms with E-state index in [9.17, 15) is 4.79 Å². The van der Waals surface area contributed by atoms with Gasteiger partial charge < -0.3 is 20.7 Å². The molecule has 34 heavy (non-hydrogen) atoms. The van der Waals surface area contributed by atoms with Gasteiger partial charge >= 0.3 is 6.03 Å². The molecule has 2 aromatic carbocycles. The maximum Gasteiger partial charge on any atom is 0.319 e. The molecule has 176 valence electrons. The summed E-state index contributed by atoms with van der Waals surface area (Å²) in [4.78, 5) is 16.8. The van der Waals surface area contributed by atoms with Crippen LogP contribution >= 0.6 is 27.5 Å². The minimum absolute atomic E-state index is 0.236. The molecular weight excluding hydrogens is 520 g/mol. The summed E-state index contributed by atoms with van der Waals surface area (Å²) in [5, 5.41) is 14.1. The number of methoxy groups -OCH3 is 1. The molecule has 4 aromatic rings. The van der Waals surface area contributed by atoms with E-state index in [1.807, 2.05) is 30.3 Å². The molecule has 0 saturated heterocycles. The standard InChI is InChI=1S/C24H24BrClN6O2/c1-34-17-10-8-16(9-11-17)30-24(33)28-13-5-4-12-27-22-14-21(18-6-2-3-7-20(18)26)31-23-19(25)15-29-32(22)23/h2-3,6-11,14-15,27H,4-5,12-13H2,1H3,(H2,28,30,33). The largest absolute Gasteiger partial charge is 0.497 e. The van der Waals surface area contributed by atoms with Crippen molar-refractivity contribution in [3.05, 3.63) is 70.3 Å². The van der Waals surface area contributed by atoms with Gasteiger partial charge in [-0.05, 0) is 59.1 Å². The number of rotatable bonds is 9. The molecule has 3 N–H and O–H groups in total. The fraction of sp³-hybridized carbons (Fsp3) is 0.208. The van der Waals surface area contributed by atoms with Gasteiger partial charge in [-0.25, -0.2) is 9.78 Å². The lowest BCUT2D eigenvalue weighted by Gasteiger charge is -2.12. The summed E-state index contributed by atoms with van der Waals surface area (Å²) in [6.45, 7) is 1.27. The normalized spacial score (nSPS) is 10.8. The van der Waals surface area contributed by atoms with E-state index in [2.05, 4.69) is 37.0 Å². The van der Waals surface area contributed by atoms with Crippen molar-refractivity contribution >= 4 is 50.7 Å². The van der Waals surface area contributed by atoms with Crippen molar-refractivity contribution in [1.82, 2.24) is 19.9 Å². The maximum atomic E-state index is 12.1. The first-order valence-electron chi connectivity index (χ1n) is 10.8. The molecule has 0 atom stereocenters. The quantitative estimate of drug-likeness (QED) is 0.231. The number of carbonyl (C=O) groups excluding carboxylic acids is 1. The van der Waals surface area contributed by atoms with Crippen molar-refractivity contribution < 1.29 is 9.53 Å². The molecule has 2 heterocycles. The first-order valence-corrected chi connectivity index (χ1v) is 11.9. The first kappa shape index (κ1) is 23.8. The molecule has 0 unspecified atom stereocenters. The molecule has 0 spiro atoms. The van der Waals surface area contributed by atoms with Gasteiger partial charge in [-0.3, -0.25) is 0 Å². The summed E-state index contributed by atoms with van der Waals surface area (Å²) in [6.07, 6.45) is 3.39. The second-order valence-corrected chi connectivity index (χ2v) is 8.74. The summed E-state index contributed by atoms with van der Waals surface area (Å²) in [7, 11) is 1.60. The van der Waals surface area contributed by atoms with Crippen molar-refractivity contribution in [2.24, 2.45) is 0 Å². The highest BCUT2D eigenvalue weighted by Gasteiger charge is 2.13. The number of nitrogens with zero attached hydrogens (tertiary/aromatic N) is 3. The van der Waals surface area contributed by atoms with Crippen LogP contribution in [0.4, 0.5) is 16.3 Å². The van der Waals surface area contributed by atoms with Crippen LogP contribution in [0.5, 0.6) is 5.75 Å². The highest BCUT2D eigenvalue weighted by Crippen LogP contribution is 2.30. The Kier molecular flexibility index (Phi) is 7.87. The Morgan fingerprint density at radius 1 is 1.12 bits per heavy atom. The van der Waals surface area contributed by atoms with E-state index in [0.717, 1.165) is 40.1 Å². The number of nitrogens with one attached hydrogen (secondary N) is 3. The van der Waals surface area contributed by atoms with E-state index in [-0.39, 0.29) is 6.03 Å². The van der Waals surface area contributed by atoms with E-state index in [1.54, 1.807) is 42.1 Å². The molecule has 2 aromatic heterocycles. The predicted molar refractivity (Wildman–Crippen MR) is 139 cm³/mol. The van der Waals surface area contributed by atoms with Gasteiger partial charge in [0, 0.05) is 35.4 Å². The average molecular weight is 544 g/mol. The molecule has 10 heteroatoms. The van der Waals surface area contributed by atoms with E-state index in [4.69, 9.17) is 21.3 Å². The maximum absolute atomic E-state index is 12.1. The van der Waals surface area contributed by atoms with E-state index in [0.29, 0.717) is 29.4 Å². The SMILES string of the molecule is COc1ccc(NC(=O)NCCCCNc2cc(-c3ccccc3Cl)nc3c(Br)cnn23)cc1. The summed E-state index contributed by atoms with van der Waals surface area (Å²) in [6, 6.07) is 16.5. The van der Waals surface area contributed by atoms with Gasteiger partial charge in [0.25, 0.3) is 0 Å². The van der Waals surface area contributed by atoms with E-state index in [1.165, 1.54) is 0 Å². The minimum atomic E-state index is -0.236. The summed E-state index contributed by atoms with van der Waals surface area (Å²) in [5.74, 6) is 1.56. The van der Waals surface area contributed by atoms with Gasteiger partial charge in [-0.1, -0.05) is 29.8 Å². The second kappa shape index (κ2) is 11.2. The monoisotopic (exact) mass is 542 g/mol. The third-order valence-electron chi connectivity index (χ3n) is 5.12. The number of anilines is 2. The fourth-order valence-corrected chi connectivity index (χ4v) is 3.97. The summed E-state index contributed by atoms with van der Waals surface area (Å²) < 4.78 is 7.67. The Bertz CT molecular complexity index is 1280. The number of hydrogen-bond donors (Lipinski definition) is 3. The summed E-state index contributed by atoms with van der Waals surface area (Å²) >= 11 is 9.90. The number of unbranched alkanes of at least 4 members (excludes halogenated alkanes) is 1.